The molecule has 0 saturated heterocycles. The molecule has 3 aromatic carbocycles. The van der Waals surface area contributed by atoms with Crippen molar-refractivity contribution in [3.8, 4) is 5.75 Å². The van der Waals surface area contributed by atoms with Crippen LogP contribution < -0.4 is 4.74 Å². The summed E-state index contributed by atoms with van der Waals surface area (Å²) in [6.45, 7) is 6.58. The molecule has 1 unspecified atom stereocenters. The number of rotatable bonds is 6. The molecule has 0 radical (unpaired) electrons. The first-order valence-corrected chi connectivity index (χ1v) is 9.11. The molecule has 3 rings (SSSR count). The van der Waals surface area contributed by atoms with E-state index in [1.54, 1.807) is 0 Å². The molecule has 2 nitrogen and oxygen atoms in total. The molecule has 0 fully saturated rings. The molecule has 134 valence electrons. The summed E-state index contributed by atoms with van der Waals surface area (Å²) in [5, 5.41) is 11.7. The van der Waals surface area contributed by atoms with Crippen molar-refractivity contribution in [3.63, 3.8) is 0 Å². The summed E-state index contributed by atoms with van der Waals surface area (Å²) in [6, 6.07) is 24.1. The van der Waals surface area contributed by atoms with Crippen molar-refractivity contribution in [2.45, 2.75) is 39.4 Å². The molecule has 0 amide bonds. The second-order valence-electron chi connectivity index (χ2n) is 6.80. The van der Waals surface area contributed by atoms with E-state index in [2.05, 4.69) is 25.1 Å². The molecule has 26 heavy (non-hydrogen) atoms. The predicted octanol–water partition coefficient (Wildman–Crippen LogP) is 5.53. The number of ether oxygens (including phenoxy) is 1. The summed E-state index contributed by atoms with van der Waals surface area (Å²) >= 11 is 0. The number of para-hydroxylation sites is 1. The lowest BCUT2D eigenvalue weighted by Crippen LogP contribution is -2.28. The smallest absolute Gasteiger partial charge is 0.126 e. The van der Waals surface area contributed by atoms with Crippen molar-refractivity contribution in [1.82, 2.24) is 0 Å². The van der Waals surface area contributed by atoms with Crippen molar-refractivity contribution in [1.29, 1.82) is 0 Å². The average molecular weight is 346 g/mol. The molecular weight excluding hydrogens is 320 g/mol. The molecule has 1 N–H and O–H groups in total. The fourth-order valence-corrected chi connectivity index (χ4v) is 3.38. The van der Waals surface area contributed by atoms with Crippen LogP contribution in [0.1, 0.15) is 41.2 Å². The van der Waals surface area contributed by atoms with Gasteiger partial charge in [0.25, 0.3) is 0 Å². The van der Waals surface area contributed by atoms with Gasteiger partial charge in [0.05, 0.1) is 0 Å². The third-order valence-corrected chi connectivity index (χ3v) is 4.92. The molecule has 2 heteroatoms. The minimum Gasteiger partial charge on any atom is -0.488 e. The standard InChI is InChI=1S/C24H26O2/c1-4-24(25,22-16-18(2)14-15-19(22)3)21-12-8-9-13-23(21)26-17-20-10-6-5-7-11-20/h5-16,25H,4,17H2,1-3H3. The first-order valence-electron chi connectivity index (χ1n) is 9.11. The van der Waals surface area contributed by atoms with Gasteiger partial charge in [0.2, 0.25) is 0 Å². The van der Waals surface area contributed by atoms with Crippen molar-refractivity contribution >= 4 is 0 Å². The Hall–Kier alpha value is -2.58. The molecule has 0 bridgehead atoms. The van der Waals surface area contributed by atoms with Gasteiger partial charge in [-0.3, -0.25) is 0 Å². The maximum Gasteiger partial charge on any atom is 0.126 e. The van der Waals surface area contributed by atoms with Crippen LogP contribution in [0.4, 0.5) is 0 Å². The van der Waals surface area contributed by atoms with Gasteiger partial charge >= 0.3 is 0 Å². The lowest BCUT2D eigenvalue weighted by Gasteiger charge is -2.31. The quantitative estimate of drug-likeness (QED) is 0.636. The molecule has 0 saturated carbocycles. The molecule has 0 aliphatic rings. The number of hydrogen-bond donors (Lipinski definition) is 1. The minimum absolute atomic E-state index is 0.477. The highest BCUT2D eigenvalue weighted by Gasteiger charge is 2.33. The van der Waals surface area contributed by atoms with E-state index in [4.69, 9.17) is 4.74 Å². The van der Waals surface area contributed by atoms with Crippen LogP contribution in [-0.2, 0) is 12.2 Å². The number of hydrogen-bond acceptors (Lipinski definition) is 2. The lowest BCUT2D eigenvalue weighted by molar-refractivity contribution is 0.0717. The van der Waals surface area contributed by atoms with E-state index in [0.717, 1.165) is 33.6 Å². The Morgan fingerprint density at radius 1 is 0.846 bits per heavy atom. The third-order valence-electron chi connectivity index (χ3n) is 4.92. The minimum atomic E-state index is -1.08. The fourth-order valence-electron chi connectivity index (χ4n) is 3.38. The maximum atomic E-state index is 11.7. The highest BCUT2D eigenvalue weighted by molar-refractivity contribution is 5.48. The van der Waals surface area contributed by atoms with Crippen LogP contribution in [0, 0.1) is 13.8 Å². The Morgan fingerprint density at radius 3 is 2.27 bits per heavy atom. The van der Waals surface area contributed by atoms with Crippen LogP contribution in [0.3, 0.4) is 0 Å². The van der Waals surface area contributed by atoms with Crippen LogP contribution in [0.5, 0.6) is 5.75 Å². The predicted molar refractivity (Wildman–Crippen MR) is 106 cm³/mol. The average Bonchev–Trinajstić information content (AvgIpc) is 2.68. The van der Waals surface area contributed by atoms with Gasteiger partial charge in [-0.05, 0) is 43.0 Å². The van der Waals surface area contributed by atoms with Crippen molar-refractivity contribution in [3.05, 3.63) is 101 Å². The zero-order valence-corrected chi connectivity index (χ0v) is 15.7. The second kappa shape index (κ2) is 7.76. The Labute approximate surface area is 156 Å². The SMILES string of the molecule is CCC(O)(c1cc(C)ccc1C)c1ccccc1OCc1ccccc1. The van der Waals surface area contributed by atoms with Gasteiger partial charge in [0.1, 0.15) is 18.0 Å². The normalized spacial score (nSPS) is 13.2. The molecule has 3 aromatic rings. The number of benzene rings is 3. The molecule has 0 aliphatic carbocycles. The first-order chi connectivity index (χ1) is 12.5. The van der Waals surface area contributed by atoms with E-state index in [-0.39, 0.29) is 0 Å². The van der Waals surface area contributed by atoms with Crippen LogP contribution in [0.2, 0.25) is 0 Å². The summed E-state index contributed by atoms with van der Waals surface area (Å²) in [5.41, 5.74) is 4.00. The van der Waals surface area contributed by atoms with E-state index >= 15 is 0 Å². The Bertz CT molecular complexity index is 870. The van der Waals surface area contributed by atoms with Crippen molar-refractivity contribution in [2.75, 3.05) is 0 Å². The summed E-state index contributed by atoms with van der Waals surface area (Å²) < 4.78 is 6.10. The van der Waals surface area contributed by atoms with Crippen LogP contribution in [0.25, 0.3) is 0 Å². The topological polar surface area (TPSA) is 29.5 Å². The second-order valence-corrected chi connectivity index (χ2v) is 6.80. The van der Waals surface area contributed by atoms with Crippen LogP contribution in [-0.4, -0.2) is 5.11 Å². The highest BCUT2D eigenvalue weighted by Crippen LogP contribution is 2.40. The van der Waals surface area contributed by atoms with Gasteiger partial charge in [-0.2, -0.15) is 0 Å². The number of aliphatic hydroxyl groups is 1. The zero-order chi connectivity index (χ0) is 18.6. The van der Waals surface area contributed by atoms with Gasteiger partial charge < -0.3 is 9.84 Å². The van der Waals surface area contributed by atoms with Gasteiger partial charge in [-0.15, -0.1) is 0 Å². The summed E-state index contributed by atoms with van der Waals surface area (Å²) in [4.78, 5) is 0. The van der Waals surface area contributed by atoms with Gasteiger partial charge in [-0.25, -0.2) is 0 Å². The Morgan fingerprint density at radius 2 is 1.54 bits per heavy atom. The molecule has 0 aliphatic heterocycles. The molecule has 1 atom stereocenters. The van der Waals surface area contributed by atoms with E-state index in [1.165, 1.54) is 0 Å². The molecule has 0 spiro atoms. The molecule has 0 heterocycles. The van der Waals surface area contributed by atoms with Crippen molar-refractivity contribution in [2.24, 2.45) is 0 Å². The Kier molecular flexibility index (Phi) is 5.43. The molecule has 0 aromatic heterocycles. The summed E-state index contributed by atoms with van der Waals surface area (Å²) in [6.07, 6.45) is 0.572. The third kappa shape index (κ3) is 3.66. The van der Waals surface area contributed by atoms with Crippen LogP contribution >= 0.6 is 0 Å². The lowest BCUT2D eigenvalue weighted by atomic mass is 9.81. The zero-order valence-electron chi connectivity index (χ0n) is 15.7. The van der Waals surface area contributed by atoms with Crippen molar-refractivity contribution < 1.29 is 9.84 Å². The van der Waals surface area contributed by atoms with Gasteiger partial charge in [0.15, 0.2) is 0 Å². The van der Waals surface area contributed by atoms with E-state index < -0.39 is 5.60 Å². The van der Waals surface area contributed by atoms with Crippen LogP contribution in [0.15, 0.2) is 72.8 Å². The van der Waals surface area contributed by atoms with E-state index in [9.17, 15) is 5.11 Å². The molecular formula is C24H26O2. The maximum absolute atomic E-state index is 11.7. The van der Waals surface area contributed by atoms with Gasteiger partial charge in [0, 0.05) is 5.56 Å². The summed E-state index contributed by atoms with van der Waals surface area (Å²) in [7, 11) is 0. The first kappa shape index (κ1) is 18.2. The van der Waals surface area contributed by atoms with E-state index in [0.29, 0.717) is 13.0 Å². The van der Waals surface area contributed by atoms with Gasteiger partial charge in [-0.1, -0.05) is 79.2 Å². The van der Waals surface area contributed by atoms with E-state index in [1.807, 2.05) is 68.4 Å². The highest BCUT2D eigenvalue weighted by atomic mass is 16.5. The number of aryl methyl sites for hydroxylation is 2. The fraction of sp³-hybridized carbons (Fsp3) is 0.250. The Balaban J connectivity index is 2.00. The summed E-state index contributed by atoms with van der Waals surface area (Å²) in [5.74, 6) is 0.724. The monoisotopic (exact) mass is 346 g/mol. The largest absolute Gasteiger partial charge is 0.488 e.